The van der Waals surface area contributed by atoms with Crippen molar-refractivity contribution in [2.24, 2.45) is 0 Å². The van der Waals surface area contributed by atoms with Crippen LogP contribution in [0.15, 0.2) is 24.3 Å². The van der Waals surface area contributed by atoms with Crippen molar-refractivity contribution in [2.45, 2.75) is 13.0 Å². The van der Waals surface area contributed by atoms with Crippen molar-refractivity contribution in [3.63, 3.8) is 0 Å². The first-order chi connectivity index (χ1) is 8.13. The van der Waals surface area contributed by atoms with E-state index in [1.165, 1.54) is 7.11 Å². The van der Waals surface area contributed by atoms with E-state index in [0.717, 1.165) is 0 Å². The fourth-order valence-corrected chi connectivity index (χ4v) is 1.19. The molecule has 5 heteroatoms. The molecule has 0 spiro atoms. The van der Waals surface area contributed by atoms with Crippen LogP contribution in [0.25, 0.3) is 0 Å². The normalized spacial score (nSPS) is 11.7. The summed E-state index contributed by atoms with van der Waals surface area (Å²) in [6.07, 6.45) is -0.565. The number of ether oxygens (including phenoxy) is 2. The number of benzene rings is 1. The molecule has 0 aromatic heterocycles. The average molecular weight is 239 g/mol. The number of aliphatic hydroxyl groups is 1. The van der Waals surface area contributed by atoms with Crippen LogP contribution in [0, 0.1) is 0 Å². The second-order valence-corrected chi connectivity index (χ2v) is 3.59. The van der Waals surface area contributed by atoms with Crippen molar-refractivity contribution in [1.82, 2.24) is 5.32 Å². The Labute approximate surface area is 100 Å². The Morgan fingerprint density at radius 1 is 1.41 bits per heavy atom. The van der Waals surface area contributed by atoms with Crippen LogP contribution >= 0.6 is 0 Å². The van der Waals surface area contributed by atoms with Gasteiger partial charge < -0.3 is 19.9 Å². The Balaban J connectivity index is 2.42. The lowest BCUT2D eigenvalue weighted by Gasteiger charge is -2.11. The van der Waals surface area contributed by atoms with E-state index < -0.39 is 6.10 Å². The molecule has 0 aliphatic carbocycles. The molecule has 1 aromatic rings. The Morgan fingerprint density at radius 2 is 2.06 bits per heavy atom. The van der Waals surface area contributed by atoms with Crippen LogP contribution in [-0.2, 0) is 4.79 Å². The summed E-state index contributed by atoms with van der Waals surface area (Å²) in [6.45, 7) is 1.71. The summed E-state index contributed by atoms with van der Waals surface area (Å²) < 4.78 is 10.4. The highest BCUT2D eigenvalue weighted by Crippen LogP contribution is 2.25. The molecular formula is C12H17NO4. The molecule has 0 radical (unpaired) electrons. The van der Waals surface area contributed by atoms with Crippen molar-refractivity contribution in [2.75, 3.05) is 20.3 Å². The van der Waals surface area contributed by atoms with Crippen LogP contribution in [-0.4, -0.2) is 37.4 Å². The number of hydrogen-bond donors (Lipinski definition) is 2. The van der Waals surface area contributed by atoms with E-state index in [1.807, 2.05) is 6.07 Å². The first-order valence-electron chi connectivity index (χ1n) is 5.34. The summed E-state index contributed by atoms with van der Waals surface area (Å²) in [5, 5.41) is 11.5. The van der Waals surface area contributed by atoms with Gasteiger partial charge in [-0.2, -0.15) is 0 Å². The topological polar surface area (TPSA) is 67.8 Å². The quantitative estimate of drug-likeness (QED) is 0.761. The Bertz CT molecular complexity index is 365. The SMILES string of the molecule is COc1ccccc1OCC(=O)NC[C@@H](C)O. The summed E-state index contributed by atoms with van der Waals surface area (Å²) in [5.41, 5.74) is 0. The maximum atomic E-state index is 11.3. The first kappa shape index (κ1) is 13.3. The van der Waals surface area contributed by atoms with Crippen molar-refractivity contribution in [3.05, 3.63) is 24.3 Å². The van der Waals surface area contributed by atoms with Crippen molar-refractivity contribution < 1.29 is 19.4 Å². The zero-order valence-electron chi connectivity index (χ0n) is 9.97. The Kier molecular flexibility index (Phi) is 5.29. The predicted octanol–water partition coefficient (Wildman–Crippen LogP) is 0.571. The van der Waals surface area contributed by atoms with Crippen LogP contribution in [0.2, 0.25) is 0 Å². The maximum absolute atomic E-state index is 11.3. The Morgan fingerprint density at radius 3 is 2.65 bits per heavy atom. The van der Waals surface area contributed by atoms with Crippen molar-refractivity contribution >= 4 is 5.91 Å². The molecule has 1 rings (SSSR count). The largest absolute Gasteiger partial charge is 0.493 e. The van der Waals surface area contributed by atoms with Gasteiger partial charge in [0.05, 0.1) is 13.2 Å². The summed E-state index contributed by atoms with van der Waals surface area (Å²) in [6, 6.07) is 7.09. The smallest absolute Gasteiger partial charge is 0.258 e. The van der Waals surface area contributed by atoms with E-state index in [9.17, 15) is 4.79 Å². The fourth-order valence-electron chi connectivity index (χ4n) is 1.19. The second-order valence-electron chi connectivity index (χ2n) is 3.59. The number of amides is 1. The molecule has 0 bridgehead atoms. The van der Waals surface area contributed by atoms with Gasteiger partial charge >= 0.3 is 0 Å². The van der Waals surface area contributed by atoms with Gasteiger partial charge in [-0.05, 0) is 19.1 Å². The lowest BCUT2D eigenvalue weighted by atomic mass is 10.3. The zero-order valence-corrected chi connectivity index (χ0v) is 9.97. The molecule has 1 atom stereocenters. The second kappa shape index (κ2) is 6.75. The van der Waals surface area contributed by atoms with Gasteiger partial charge in [0.15, 0.2) is 18.1 Å². The predicted molar refractivity (Wildman–Crippen MR) is 63.2 cm³/mol. The minimum Gasteiger partial charge on any atom is -0.493 e. The number of aliphatic hydroxyl groups excluding tert-OH is 1. The molecule has 94 valence electrons. The highest BCUT2D eigenvalue weighted by Gasteiger charge is 2.07. The molecule has 0 unspecified atom stereocenters. The number of carbonyl (C=O) groups excluding carboxylic acids is 1. The molecule has 5 nitrogen and oxygen atoms in total. The van der Waals surface area contributed by atoms with Crippen molar-refractivity contribution in [3.8, 4) is 11.5 Å². The van der Waals surface area contributed by atoms with E-state index in [2.05, 4.69) is 5.32 Å². The number of methoxy groups -OCH3 is 1. The maximum Gasteiger partial charge on any atom is 0.258 e. The van der Waals surface area contributed by atoms with Crippen molar-refractivity contribution in [1.29, 1.82) is 0 Å². The van der Waals surface area contributed by atoms with Gasteiger partial charge in [0.1, 0.15) is 0 Å². The van der Waals surface area contributed by atoms with Crippen LogP contribution < -0.4 is 14.8 Å². The van der Waals surface area contributed by atoms with Gasteiger partial charge in [0.25, 0.3) is 5.91 Å². The molecule has 0 saturated heterocycles. The third-order valence-electron chi connectivity index (χ3n) is 2.02. The monoisotopic (exact) mass is 239 g/mol. The van der Waals surface area contributed by atoms with Crippen LogP contribution in [0.5, 0.6) is 11.5 Å². The van der Waals surface area contributed by atoms with E-state index in [0.29, 0.717) is 11.5 Å². The summed E-state index contributed by atoms with van der Waals surface area (Å²) in [7, 11) is 1.54. The van der Waals surface area contributed by atoms with Gasteiger partial charge in [-0.3, -0.25) is 4.79 Å². The van der Waals surface area contributed by atoms with Crippen LogP contribution in [0.1, 0.15) is 6.92 Å². The van der Waals surface area contributed by atoms with Crippen LogP contribution in [0.4, 0.5) is 0 Å². The number of para-hydroxylation sites is 2. The number of carbonyl (C=O) groups is 1. The van der Waals surface area contributed by atoms with Gasteiger partial charge in [-0.1, -0.05) is 12.1 Å². The molecule has 0 aliphatic heterocycles. The summed E-state index contributed by atoms with van der Waals surface area (Å²) in [5.74, 6) is 0.815. The molecular weight excluding hydrogens is 222 g/mol. The number of rotatable bonds is 6. The molecule has 0 fully saturated rings. The van der Waals surface area contributed by atoms with Gasteiger partial charge in [-0.15, -0.1) is 0 Å². The average Bonchev–Trinajstić information content (AvgIpc) is 2.34. The third-order valence-corrected chi connectivity index (χ3v) is 2.02. The lowest BCUT2D eigenvalue weighted by molar-refractivity contribution is -0.123. The summed E-state index contributed by atoms with van der Waals surface area (Å²) in [4.78, 5) is 11.3. The highest BCUT2D eigenvalue weighted by atomic mass is 16.5. The standard InChI is InChI=1S/C12H17NO4/c1-9(14)7-13-12(15)8-17-11-6-4-3-5-10(11)16-2/h3-6,9,14H,7-8H2,1-2H3,(H,13,15)/t9-/m1/s1. The molecule has 2 N–H and O–H groups in total. The minimum atomic E-state index is -0.565. The molecule has 17 heavy (non-hydrogen) atoms. The molecule has 1 aromatic carbocycles. The fraction of sp³-hybridized carbons (Fsp3) is 0.417. The van der Waals surface area contributed by atoms with E-state index in [-0.39, 0.29) is 19.1 Å². The minimum absolute atomic E-state index is 0.104. The zero-order chi connectivity index (χ0) is 12.7. The van der Waals surface area contributed by atoms with E-state index in [1.54, 1.807) is 25.1 Å². The first-order valence-corrected chi connectivity index (χ1v) is 5.34. The van der Waals surface area contributed by atoms with Gasteiger partial charge in [0, 0.05) is 6.54 Å². The molecule has 0 aliphatic rings. The molecule has 0 heterocycles. The van der Waals surface area contributed by atoms with Gasteiger partial charge in [-0.25, -0.2) is 0 Å². The number of hydrogen-bond acceptors (Lipinski definition) is 4. The summed E-state index contributed by atoms with van der Waals surface area (Å²) >= 11 is 0. The van der Waals surface area contributed by atoms with Crippen LogP contribution in [0.3, 0.4) is 0 Å². The third kappa shape index (κ3) is 4.74. The molecule has 0 saturated carbocycles. The lowest BCUT2D eigenvalue weighted by Crippen LogP contribution is -2.34. The van der Waals surface area contributed by atoms with E-state index in [4.69, 9.17) is 14.6 Å². The van der Waals surface area contributed by atoms with Gasteiger partial charge in [0.2, 0.25) is 0 Å². The highest BCUT2D eigenvalue weighted by molar-refractivity contribution is 5.77. The van der Waals surface area contributed by atoms with E-state index >= 15 is 0 Å². The molecule has 1 amide bonds. The Hall–Kier alpha value is -1.75. The number of nitrogens with one attached hydrogen (secondary N) is 1.